The zero-order valence-electron chi connectivity index (χ0n) is 43.4. The van der Waals surface area contributed by atoms with Crippen LogP contribution in [0, 0.1) is 10.8 Å². The van der Waals surface area contributed by atoms with Crippen molar-refractivity contribution in [1.29, 1.82) is 0 Å². The molecule has 470 valence electrons. The van der Waals surface area contributed by atoms with Crippen LogP contribution in [0.3, 0.4) is 0 Å². The Morgan fingerprint density at radius 3 is 1.22 bits per heavy atom. The highest BCUT2D eigenvalue weighted by molar-refractivity contribution is 5.87. The first-order valence-corrected chi connectivity index (χ1v) is 25.2. The van der Waals surface area contributed by atoms with E-state index in [4.69, 9.17) is 23.7 Å². The number of hydrogen-bond donors (Lipinski definition) is 0. The van der Waals surface area contributed by atoms with Crippen molar-refractivity contribution in [3.05, 3.63) is 37.1 Å². The minimum Gasteiger partial charge on any atom is -0.465 e. The third kappa shape index (κ3) is 58.0. The summed E-state index contributed by atoms with van der Waals surface area (Å²) in [6, 6.07) is 0. The Hall–Kier alpha value is -3.96. The summed E-state index contributed by atoms with van der Waals surface area (Å²) < 4.78 is 31.4. The lowest BCUT2D eigenvalue weighted by Gasteiger charge is -2.37. The SMILES string of the molecule is C.C.C.C.C.C.C.C.C.C.C.C=C(C)C(=O)OC1CCCCC1.C=C(C)C(=O)OCCCCCCCC.C=COC(C)=O.CCCCCCCCOC(=O)C(C)(C)CC(C)(CC(CC)OC(C)=O)C(=O)OC1CCCCC1. The van der Waals surface area contributed by atoms with Crippen LogP contribution in [0.2, 0.25) is 0 Å². The highest BCUT2D eigenvalue weighted by Crippen LogP contribution is 2.41. The van der Waals surface area contributed by atoms with Gasteiger partial charge < -0.3 is 28.4 Å². The molecule has 0 spiro atoms. The zero-order valence-corrected chi connectivity index (χ0v) is 43.4. The summed E-state index contributed by atoms with van der Waals surface area (Å²) in [5.74, 6) is -1.79. The number of carbonyl (C=O) groups is 6. The zero-order chi connectivity index (χ0) is 50.4. The summed E-state index contributed by atoms with van der Waals surface area (Å²) in [6.07, 6.45) is 26.8. The number of ether oxygens (including phenoxy) is 6. The van der Waals surface area contributed by atoms with Crippen molar-refractivity contribution in [3.63, 3.8) is 0 Å². The standard InChI is InChI=1S/C28H50O6.C12H22O2.C10H16O2.C4H6O2.11CH4/c1-7-9-10-11-12-16-19-32-25(30)27(4,5)21-28(6,20-23(8-2)33-22(3)29)26(31)34-24-17-14-13-15-18-24;1-4-5-6-7-8-9-10-14-12(13)11(2)3;1-8(2)10(11)12-9-6-4-3-5-7-9;1-3-6-4(2)5;;;;;;;;;;;/h23-24H,7-21H2,1-6H3;2,4-10H2,1,3H3;9H,1,3-7H2,2H3;3H,1H2,2H3;11*1H4. The lowest BCUT2D eigenvalue weighted by atomic mass is 9.70. The van der Waals surface area contributed by atoms with E-state index in [1.807, 2.05) is 27.7 Å². The number of unbranched alkanes of at least 4 members (excludes halogenated alkanes) is 10. The van der Waals surface area contributed by atoms with E-state index in [0.717, 1.165) is 76.9 Å². The van der Waals surface area contributed by atoms with E-state index in [1.165, 1.54) is 84.5 Å². The molecule has 2 aliphatic rings. The fourth-order valence-corrected chi connectivity index (χ4v) is 7.72. The molecule has 0 aromatic carbocycles. The molecule has 2 aliphatic carbocycles. The average molecular weight is 1110 g/mol. The molecule has 12 heteroatoms. The van der Waals surface area contributed by atoms with E-state index in [0.29, 0.717) is 37.2 Å². The summed E-state index contributed by atoms with van der Waals surface area (Å²) in [7, 11) is 0. The van der Waals surface area contributed by atoms with E-state index in [2.05, 4.69) is 38.3 Å². The highest BCUT2D eigenvalue weighted by atomic mass is 16.6. The van der Waals surface area contributed by atoms with E-state index >= 15 is 0 Å². The maximum Gasteiger partial charge on any atom is 0.333 e. The first kappa shape index (κ1) is 105. The Balaban J connectivity index is -0.0000000728. The fourth-order valence-electron chi connectivity index (χ4n) is 7.72. The van der Waals surface area contributed by atoms with Gasteiger partial charge in [-0.2, -0.15) is 0 Å². The van der Waals surface area contributed by atoms with Crippen molar-refractivity contribution in [2.24, 2.45) is 10.8 Å². The Labute approximate surface area is 482 Å². The molecule has 12 nitrogen and oxygen atoms in total. The summed E-state index contributed by atoms with van der Waals surface area (Å²) in [5.41, 5.74) is -0.843. The molecule has 0 amide bonds. The second-order valence-corrected chi connectivity index (χ2v) is 18.9. The average Bonchev–Trinajstić information content (AvgIpc) is 3.26. The Morgan fingerprint density at radius 1 is 0.506 bits per heavy atom. The van der Waals surface area contributed by atoms with Gasteiger partial charge in [0, 0.05) is 31.4 Å². The van der Waals surface area contributed by atoms with Gasteiger partial charge in [0.25, 0.3) is 0 Å². The molecule has 0 aromatic rings. The Kier molecular flexibility index (Phi) is 88.2. The molecule has 0 aromatic heterocycles. The smallest absolute Gasteiger partial charge is 0.333 e. The van der Waals surface area contributed by atoms with Crippen LogP contribution in [-0.4, -0.2) is 67.3 Å². The molecule has 2 unspecified atom stereocenters. The Morgan fingerprint density at radius 2 is 0.883 bits per heavy atom. The number of rotatable bonds is 27. The molecular formula is C65H138O12. The molecule has 2 atom stereocenters. The van der Waals surface area contributed by atoms with Crippen LogP contribution >= 0.6 is 0 Å². The van der Waals surface area contributed by atoms with E-state index in [1.54, 1.807) is 13.8 Å². The first-order valence-electron chi connectivity index (χ1n) is 25.2. The first-order chi connectivity index (χ1) is 31.2. The van der Waals surface area contributed by atoms with Crippen LogP contribution in [0.15, 0.2) is 37.1 Å². The maximum absolute atomic E-state index is 13.4. The van der Waals surface area contributed by atoms with Gasteiger partial charge in [-0.15, -0.1) is 0 Å². The third-order valence-electron chi connectivity index (χ3n) is 11.4. The predicted molar refractivity (Wildman–Crippen MR) is 337 cm³/mol. The molecule has 2 fully saturated rings. The molecule has 77 heavy (non-hydrogen) atoms. The summed E-state index contributed by atoms with van der Waals surface area (Å²) >= 11 is 0. The lowest BCUT2D eigenvalue weighted by molar-refractivity contribution is -0.172. The molecule has 0 bridgehead atoms. The third-order valence-corrected chi connectivity index (χ3v) is 11.4. The minimum atomic E-state index is -0.962. The molecule has 0 heterocycles. The molecule has 0 aliphatic heterocycles. The molecule has 2 saturated carbocycles. The second kappa shape index (κ2) is 64.6. The molecule has 2 rings (SSSR count). The van der Waals surface area contributed by atoms with Crippen molar-refractivity contribution < 1.29 is 57.2 Å². The summed E-state index contributed by atoms with van der Waals surface area (Å²) in [4.78, 5) is 69.8. The van der Waals surface area contributed by atoms with Gasteiger partial charge in [0.05, 0.1) is 30.3 Å². The normalized spacial score (nSPS) is 13.0. The molecular weight excluding hydrogens is 973 g/mol. The fraction of sp³-hybridized carbons (Fsp3) is 0.815. The van der Waals surface area contributed by atoms with Crippen molar-refractivity contribution >= 4 is 35.8 Å². The van der Waals surface area contributed by atoms with E-state index < -0.39 is 16.9 Å². The summed E-state index contributed by atoms with van der Waals surface area (Å²) in [5, 5.41) is 0. The van der Waals surface area contributed by atoms with Crippen LogP contribution in [0.1, 0.15) is 311 Å². The van der Waals surface area contributed by atoms with Gasteiger partial charge in [-0.05, 0) is 112 Å². The van der Waals surface area contributed by atoms with Gasteiger partial charge in [-0.3, -0.25) is 19.2 Å². The van der Waals surface area contributed by atoms with Crippen molar-refractivity contribution in [3.8, 4) is 0 Å². The van der Waals surface area contributed by atoms with Crippen LogP contribution in [0.25, 0.3) is 0 Å². The monoisotopic (exact) mass is 1110 g/mol. The van der Waals surface area contributed by atoms with Gasteiger partial charge in [0.15, 0.2) is 0 Å². The van der Waals surface area contributed by atoms with Crippen LogP contribution in [-0.2, 0) is 57.2 Å². The van der Waals surface area contributed by atoms with Crippen molar-refractivity contribution in [2.75, 3.05) is 13.2 Å². The van der Waals surface area contributed by atoms with Gasteiger partial charge >= 0.3 is 35.8 Å². The quantitative estimate of drug-likeness (QED) is 0.0252. The molecule has 0 radical (unpaired) electrons. The summed E-state index contributed by atoms with van der Waals surface area (Å²) in [6.45, 7) is 29.0. The van der Waals surface area contributed by atoms with Crippen LogP contribution in [0.5, 0.6) is 0 Å². The number of esters is 6. The lowest BCUT2D eigenvalue weighted by Crippen LogP contribution is -2.42. The van der Waals surface area contributed by atoms with Gasteiger partial charge in [-0.25, -0.2) is 9.59 Å². The second-order valence-electron chi connectivity index (χ2n) is 18.9. The van der Waals surface area contributed by atoms with E-state index in [9.17, 15) is 28.8 Å². The number of carbonyl (C=O) groups excluding carboxylic acids is 6. The maximum atomic E-state index is 13.4. The predicted octanol–water partition coefficient (Wildman–Crippen LogP) is 20.5. The van der Waals surface area contributed by atoms with Crippen molar-refractivity contribution in [2.45, 2.75) is 330 Å². The number of hydrogen-bond acceptors (Lipinski definition) is 12. The topological polar surface area (TPSA) is 158 Å². The van der Waals surface area contributed by atoms with Crippen LogP contribution in [0.4, 0.5) is 0 Å². The minimum absolute atomic E-state index is 0. The van der Waals surface area contributed by atoms with Gasteiger partial charge in [0.1, 0.15) is 18.3 Å². The van der Waals surface area contributed by atoms with Crippen molar-refractivity contribution in [1.82, 2.24) is 0 Å². The molecule has 0 N–H and O–H groups in total. The van der Waals surface area contributed by atoms with Gasteiger partial charge in [-0.1, -0.05) is 199 Å². The molecule has 0 saturated heterocycles. The highest BCUT2D eigenvalue weighted by Gasteiger charge is 2.46. The van der Waals surface area contributed by atoms with E-state index in [-0.39, 0.29) is 136 Å². The van der Waals surface area contributed by atoms with Gasteiger partial charge in [0.2, 0.25) is 0 Å². The van der Waals surface area contributed by atoms with Crippen LogP contribution < -0.4 is 0 Å². The Bertz CT molecular complexity index is 1410. The largest absolute Gasteiger partial charge is 0.465 e.